The number of ketones is 1. The van der Waals surface area contributed by atoms with Crippen molar-refractivity contribution in [3.63, 3.8) is 0 Å². The van der Waals surface area contributed by atoms with Crippen molar-refractivity contribution < 1.29 is 14.0 Å². The highest BCUT2D eigenvalue weighted by atomic mass is 32.1. The molecule has 21 heavy (non-hydrogen) atoms. The van der Waals surface area contributed by atoms with Gasteiger partial charge in [0.1, 0.15) is 5.82 Å². The van der Waals surface area contributed by atoms with Crippen molar-refractivity contribution in [1.29, 1.82) is 0 Å². The first-order valence-corrected chi connectivity index (χ1v) is 7.44. The first-order valence-electron chi connectivity index (χ1n) is 6.57. The molecule has 2 rings (SSSR count). The molecule has 1 heterocycles. The van der Waals surface area contributed by atoms with Crippen LogP contribution in [-0.2, 0) is 6.42 Å². The van der Waals surface area contributed by atoms with Gasteiger partial charge in [0.05, 0.1) is 4.88 Å². The van der Waals surface area contributed by atoms with Crippen LogP contribution in [0.2, 0.25) is 0 Å². The number of hydrogen-bond donors (Lipinski definition) is 0. The number of benzene rings is 1. The van der Waals surface area contributed by atoms with Gasteiger partial charge in [-0.25, -0.2) is 4.39 Å². The van der Waals surface area contributed by atoms with Gasteiger partial charge in [-0.05, 0) is 37.1 Å². The number of likely N-dealkylation sites (N-methyl/N-ethyl adjacent to an activating group) is 1. The quantitative estimate of drug-likeness (QED) is 0.794. The van der Waals surface area contributed by atoms with Crippen LogP contribution >= 0.6 is 11.3 Å². The number of hydrogen-bond acceptors (Lipinski definition) is 3. The van der Waals surface area contributed by atoms with Crippen molar-refractivity contribution >= 4 is 23.0 Å². The number of carbonyl (C=O) groups excluding carboxylic acids is 2. The summed E-state index contributed by atoms with van der Waals surface area (Å²) in [5.74, 6) is -0.410. The highest BCUT2D eigenvalue weighted by molar-refractivity contribution is 7.12. The second kappa shape index (κ2) is 6.63. The molecule has 1 aromatic heterocycles. The van der Waals surface area contributed by atoms with Crippen molar-refractivity contribution in [2.24, 2.45) is 0 Å². The third-order valence-corrected chi connectivity index (χ3v) is 4.13. The van der Waals surface area contributed by atoms with Crippen LogP contribution in [0.5, 0.6) is 0 Å². The van der Waals surface area contributed by atoms with E-state index < -0.39 is 0 Å². The molecule has 5 heteroatoms. The van der Waals surface area contributed by atoms with Crippen LogP contribution in [0.3, 0.4) is 0 Å². The molecule has 1 aromatic carbocycles. The predicted molar refractivity (Wildman–Crippen MR) is 81.4 cm³/mol. The second-order valence-corrected chi connectivity index (χ2v) is 5.77. The van der Waals surface area contributed by atoms with Gasteiger partial charge in [0.15, 0.2) is 5.78 Å². The molecule has 0 spiro atoms. The summed E-state index contributed by atoms with van der Waals surface area (Å²) in [7, 11) is 1.72. The normalized spacial score (nSPS) is 10.4. The van der Waals surface area contributed by atoms with E-state index in [1.165, 1.54) is 30.4 Å². The Morgan fingerprint density at radius 2 is 1.90 bits per heavy atom. The minimum Gasteiger partial charge on any atom is -0.341 e. The molecule has 0 atom stereocenters. The number of thiophene rings is 1. The summed E-state index contributed by atoms with van der Waals surface area (Å²) in [4.78, 5) is 25.6. The molecule has 0 unspecified atom stereocenters. The summed E-state index contributed by atoms with van der Waals surface area (Å²) in [5, 5.41) is 1.70. The molecule has 0 aliphatic rings. The molecule has 0 saturated carbocycles. The molecule has 0 bridgehead atoms. The zero-order chi connectivity index (χ0) is 15.4. The van der Waals surface area contributed by atoms with Crippen molar-refractivity contribution in [3.05, 3.63) is 57.5 Å². The lowest BCUT2D eigenvalue weighted by molar-refractivity contribution is 0.0801. The van der Waals surface area contributed by atoms with Crippen LogP contribution in [-0.4, -0.2) is 30.2 Å². The fraction of sp³-hybridized carbons (Fsp3) is 0.250. The van der Waals surface area contributed by atoms with E-state index in [1.54, 1.807) is 35.5 Å². The Labute approximate surface area is 127 Å². The second-order valence-electron chi connectivity index (χ2n) is 4.86. The number of rotatable bonds is 5. The molecule has 3 nitrogen and oxygen atoms in total. The molecule has 0 saturated heterocycles. The summed E-state index contributed by atoms with van der Waals surface area (Å²) in [5.41, 5.74) is 1.54. The largest absolute Gasteiger partial charge is 0.341 e. The highest BCUT2D eigenvalue weighted by Gasteiger charge is 2.15. The fourth-order valence-corrected chi connectivity index (χ4v) is 2.81. The van der Waals surface area contributed by atoms with E-state index in [0.29, 0.717) is 23.4 Å². The summed E-state index contributed by atoms with van der Waals surface area (Å²) >= 11 is 1.28. The van der Waals surface area contributed by atoms with E-state index in [-0.39, 0.29) is 17.5 Å². The predicted octanol–water partition coefficient (Wildman–Crippen LogP) is 3.40. The first-order chi connectivity index (χ1) is 9.97. The molecular formula is C16H16FNO2S. The molecule has 0 N–H and O–H groups in total. The topological polar surface area (TPSA) is 37.4 Å². The zero-order valence-electron chi connectivity index (χ0n) is 11.9. The van der Waals surface area contributed by atoms with Gasteiger partial charge in [0.25, 0.3) is 5.91 Å². The third-order valence-electron chi connectivity index (χ3n) is 3.21. The summed E-state index contributed by atoms with van der Waals surface area (Å²) in [6, 6.07) is 7.88. The first kappa shape index (κ1) is 15.4. The van der Waals surface area contributed by atoms with Gasteiger partial charge in [-0.3, -0.25) is 9.59 Å². The number of Topliss-reactive ketones (excluding diaryl/α,β-unsaturated/α-hetero) is 1. The number of carbonyl (C=O) groups is 2. The Hall–Kier alpha value is -2.01. The number of amides is 1. The van der Waals surface area contributed by atoms with Gasteiger partial charge in [-0.1, -0.05) is 12.1 Å². The maximum Gasteiger partial charge on any atom is 0.263 e. The molecular weight excluding hydrogens is 289 g/mol. The summed E-state index contributed by atoms with van der Waals surface area (Å²) < 4.78 is 12.8. The van der Waals surface area contributed by atoms with Gasteiger partial charge >= 0.3 is 0 Å². The van der Waals surface area contributed by atoms with Gasteiger partial charge in [-0.15, -0.1) is 11.3 Å². The van der Waals surface area contributed by atoms with E-state index in [1.807, 2.05) is 0 Å². The van der Waals surface area contributed by atoms with Crippen LogP contribution in [0, 0.1) is 5.82 Å². The minimum absolute atomic E-state index is 0.0423. The van der Waals surface area contributed by atoms with E-state index in [2.05, 4.69) is 0 Å². The Bertz CT molecular complexity index is 649. The summed E-state index contributed by atoms with van der Waals surface area (Å²) in [6.07, 6.45) is 0.660. The van der Waals surface area contributed by atoms with E-state index in [9.17, 15) is 14.0 Å². The maximum atomic E-state index is 12.8. The Balaban J connectivity index is 1.95. The smallest absolute Gasteiger partial charge is 0.263 e. The average molecular weight is 305 g/mol. The lowest BCUT2D eigenvalue weighted by Gasteiger charge is -2.16. The van der Waals surface area contributed by atoms with Gasteiger partial charge in [-0.2, -0.15) is 0 Å². The maximum absolute atomic E-state index is 12.8. The molecule has 0 radical (unpaired) electrons. The van der Waals surface area contributed by atoms with Gasteiger partial charge in [0, 0.05) is 24.5 Å². The summed E-state index contributed by atoms with van der Waals surface area (Å²) in [6.45, 7) is 2.02. The van der Waals surface area contributed by atoms with E-state index in [0.717, 1.165) is 5.56 Å². The molecule has 0 aliphatic heterocycles. The van der Waals surface area contributed by atoms with Crippen molar-refractivity contribution in [2.45, 2.75) is 13.3 Å². The van der Waals surface area contributed by atoms with Gasteiger partial charge in [0.2, 0.25) is 0 Å². The standard InChI is InChI=1S/C16H16FNO2S/c1-11(19)13-9-15(21-10-13)16(20)18(2)8-7-12-3-5-14(17)6-4-12/h3-6,9-10H,7-8H2,1-2H3. The van der Waals surface area contributed by atoms with Crippen LogP contribution in [0.1, 0.15) is 32.5 Å². The Morgan fingerprint density at radius 3 is 2.48 bits per heavy atom. The van der Waals surface area contributed by atoms with Crippen molar-refractivity contribution in [1.82, 2.24) is 4.90 Å². The van der Waals surface area contributed by atoms with Crippen molar-refractivity contribution in [2.75, 3.05) is 13.6 Å². The lowest BCUT2D eigenvalue weighted by Crippen LogP contribution is -2.28. The number of halogens is 1. The molecule has 1 amide bonds. The lowest BCUT2D eigenvalue weighted by atomic mass is 10.1. The molecule has 0 aliphatic carbocycles. The van der Waals surface area contributed by atoms with E-state index in [4.69, 9.17) is 0 Å². The Kier molecular flexibility index (Phi) is 4.85. The van der Waals surface area contributed by atoms with Crippen molar-refractivity contribution in [3.8, 4) is 0 Å². The van der Waals surface area contributed by atoms with Crippen LogP contribution in [0.15, 0.2) is 35.7 Å². The monoisotopic (exact) mass is 305 g/mol. The molecule has 0 fully saturated rings. The number of nitrogens with zero attached hydrogens (tertiary/aromatic N) is 1. The molecule has 110 valence electrons. The Morgan fingerprint density at radius 1 is 1.24 bits per heavy atom. The van der Waals surface area contributed by atoms with E-state index >= 15 is 0 Å². The van der Waals surface area contributed by atoms with Crippen LogP contribution in [0.4, 0.5) is 4.39 Å². The highest BCUT2D eigenvalue weighted by Crippen LogP contribution is 2.17. The SMILES string of the molecule is CC(=O)c1csc(C(=O)N(C)CCc2ccc(F)cc2)c1. The van der Waals surface area contributed by atoms with Crippen LogP contribution < -0.4 is 0 Å². The molecule has 2 aromatic rings. The minimum atomic E-state index is -0.265. The average Bonchev–Trinajstić information content (AvgIpc) is 2.95. The van der Waals surface area contributed by atoms with Crippen LogP contribution in [0.25, 0.3) is 0 Å². The third kappa shape index (κ3) is 3.98. The zero-order valence-corrected chi connectivity index (χ0v) is 12.7. The fourth-order valence-electron chi connectivity index (χ4n) is 1.87. The van der Waals surface area contributed by atoms with Gasteiger partial charge < -0.3 is 4.90 Å².